The molecule has 5 heteroatoms. The zero-order valence-corrected chi connectivity index (χ0v) is 11.0. The highest BCUT2D eigenvalue weighted by Crippen LogP contribution is 2.26. The van der Waals surface area contributed by atoms with E-state index in [4.69, 9.17) is 0 Å². The molecule has 17 heavy (non-hydrogen) atoms. The minimum Gasteiger partial charge on any atom is -0.313 e. The van der Waals surface area contributed by atoms with E-state index in [9.17, 15) is 4.39 Å². The highest BCUT2D eigenvalue weighted by atomic mass is 79.9. The van der Waals surface area contributed by atoms with E-state index in [2.05, 4.69) is 31.4 Å². The van der Waals surface area contributed by atoms with Crippen LogP contribution in [0, 0.1) is 5.82 Å². The van der Waals surface area contributed by atoms with Gasteiger partial charge in [0, 0.05) is 22.1 Å². The van der Waals surface area contributed by atoms with E-state index in [1.54, 1.807) is 12.3 Å². The Morgan fingerprint density at radius 2 is 2.29 bits per heavy atom. The van der Waals surface area contributed by atoms with E-state index in [0.717, 1.165) is 22.3 Å². The molecule has 0 radical (unpaired) electrons. The quantitative estimate of drug-likeness (QED) is 0.910. The summed E-state index contributed by atoms with van der Waals surface area (Å²) in [4.78, 5) is 0. The molecule has 0 unspecified atom stereocenters. The molecule has 2 N–H and O–H groups in total. The van der Waals surface area contributed by atoms with Gasteiger partial charge in [0.05, 0.1) is 11.9 Å². The van der Waals surface area contributed by atoms with Gasteiger partial charge in [0.25, 0.3) is 0 Å². The molecule has 0 saturated carbocycles. The first kappa shape index (κ1) is 12.3. The van der Waals surface area contributed by atoms with E-state index in [1.165, 1.54) is 6.07 Å². The Labute approximate surface area is 108 Å². The molecule has 1 heterocycles. The third kappa shape index (κ3) is 2.73. The lowest BCUT2D eigenvalue weighted by atomic mass is 10.1. The van der Waals surface area contributed by atoms with Gasteiger partial charge >= 0.3 is 0 Å². The van der Waals surface area contributed by atoms with Crippen molar-refractivity contribution in [3.63, 3.8) is 0 Å². The fraction of sp³-hybridized carbons (Fsp3) is 0.250. The van der Waals surface area contributed by atoms with E-state index in [-0.39, 0.29) is 5.82 Å². The van der Waals surface area contributed by atoms with Gasteiger partial charge in [-0.05, 0) is 24.7 Å². The topological polar surface area (TPSA) is 40.7 Å². The van der Waals surface area contributed by atoms with Crippen LogP contribution in [0.5, 0.6) is 0 Å². The predicted octanol–water partition coefficient (Wildman–Crippen LogP) is 3.09. The van der Waals surface area contributed by atoms with Crippen LogP contribution in [-0.2, 0) is 6.54 Å². The molecule has 0 amide bonds. The number of H-pyrrole nitrogens is 1. The van der Waals surface area contributed by atoms with E-state index < -0.39 is 0 Å². The normalized spacial score (nSPS) is 10.8. The first-order valence-electron chi connectivity index (χ1n) is 5.40. The number of aromatic nitrogens is 2. The number of nitrogens with zero attached hydrogens (tertiary/aromatic N) is 1. The Hall–Kier alpha value is -1.20. The summed E-state index contributed by atoms with van der Waals surface area (Å²) in [5.74, 6) is -0.263. The molecule has 0 aliphatic heterocycles. The number of benzene rings is 1. The van der Waals surface area contributed by atoms with Crippen LogP contribution in [0.25, 0.3) is 11.3 Å². The van der Waals surface area contributed by atoms with Crippen molar-refractivity contribution in [1.29, 1.82) is 0 Å². The van der Waals surface area contributed by atoms with Crippen molar-refractivity contribution >= 4 is 15.9 Å². The van der Waals surface area contributed by atoms with Crippen LogP contribution in [0.4, 0.5) is 4.39 Å². The average Bonchev–Trinajstić information content (AvgIpc) is 2.74. The maximum Gasteiger partial charge on any atom is 0.133 e. The molecule has 1 aromatic carbocycles. The van der Waals surface area contributed by atoms with Gasteiger partial charge in [-0.15, -0.1) is 0 Å². The minimum absolute atomic E-state index is 0.263. The first-order chi connectivity index (χ1) is 8.22. The summed E-state index contributed by atoms with van der Waals surface area (Å²) in [5.41, 5.74) is 2.24. The number of hydrogen-bond acceptors (Lipinski definition) is 2. The summed E-state index contributed by atoms with van der Waals surface area (Å²) < 4.78 is 14.5. The van der Waals surface area contributed by atoms with Crippen LogP contribution >= 0.6 is 15.9 Å². The van der Waals surface area contributed by atoms with Gasteiger partial charge in [-0.2, -0.15) is 5.10 Å². The first-order valence-corrected chi connectivity index (χ1v) is 6.20. The Balaban J connectivity index is 2.35. The van der Waals surface area contributed by atoms with Crippen LogP contribution < -0.4 is 5.32 Å². The Bertz CT molecular complexity index is 510. The monoisotopic (exact) mass is 297 g/mol. The van der Waals surface area contributed by atoms with E-state index >= 15 is 0 Å². The summed E-state index contributed by atoms with van der Waals surface area (Å²) in [6.07, 6.45) is 1.72. The van der Waals surface area contributed by atoms with Gasteiger partial charge < -0.3 is 5.32 Å². The molecular weight excluding hydrogens is 285 g/mol. The number of halogens is 2. The van der Waals surface area contributed by atoms with Crippen LogP contribution in [0.1, 0.15) is 12.5 Å². The largest absolute Gasteiger partial charge is 0.313 e. The van der Waals surface area contributed by atoms with Crippen LogP contribution in [0.3, 0.4) is 0 Å². The lowest BCUT2D eigenvalue weighted by Crippen LogP contribution is -2.11. The summed E-state index contributed by atoms with van der Waals surface area (Å²) in [7, 11) is 0. The summed E-state index contributed by atoms with van der Waals surface area (Å²) in [6, 6.07) is 5.01. The number of aromatic amines is 1. The molecule has 2 aromatic rings. The minimum atomic E-state index is -0.263. The van der Waals surface area contributed by atoms with E-state index in [0.29, 0.717) is 12.1 Å². The predicted molar refractivity (Wildman–Crippen MR) is 69.1 cm³/mol. The van der Waals surface area contributed by atoms with Gasteiger partial charge in [0.1, 0.15) is 5.82 Å². The van der Waals surface area contributed by atoms with Crippen molar-refractivity contribution in [2.24, 2.45) is 0 Å². The molecule has 0 aliphatic carbocycles. The van der Waals surface area contributed by atoms with Gasteiger partial charge in [-0.3, -0.25) is 5.10 Å². The second-order valence-electron chi connectivity index (χ2n) is 3.67. The number of rotatable bonds is 4. The molecule has 0 saturated heterocycles. The zero-order chi connectivity index (χ0) is 12.3. The maximum absolute atomic E-state index is 13.8. The zero-order valence-electron chi connectivity index (χ0n) is 9.43. The van der Waals surface area contributed by atoms with Crippen molar-refractivity contribution in [3.8, 4) is 11.3 Å². The molecule has 3 nitrogen and oxygen atoms in total. The third-order valence-corrected chi connectivity index (χ3v) is 2.98. The number of hydrogen-bond donors (Lipinski definition) is 2. The molecule has 2 rings (SSSR count). The second-order valence-corrected chi connectivity index (χ2v) is 4.59. The Kier molecular flexibility index (Phi) is 3.91. The summed E-state index contributed by atoms with van der Waals surface area (Å²) in [5, 5.41) is 10.0. The lowest BCUT2D eigenvalue weighted by Gasteiger charge is -2.05. The second kappa shape index (κ2) is 5.42. The molecule has 1 aromatic heterocycles. The lowest BCUT2D eigenvalue weighted by molar-refractivity contribution is 0.629. The van der Waals surface area contributed by atoms with Crippen molar-refractivity contribution in [2.45, 2.75) is 13.5 Å². The van der Waals surface area contributed by atoms with E-state index in [1.807, 2.05) is 13.0 Å². The van der Waals surface area contributed by atoms with Gasteiger partial charge in [0.2, 0.25) is 0 Å². The smallest absolute Gasteiger partial charge is 0.133 e. The fourth-order valence-electron chi connectivity index (χ4n) is 1.63. The average molecular weight is 298 g/mol. The SMILES string of the molecule is CCNCc1cn[nH]c1-c1ccc(Br)cc1F. The van der Waals surface area contributed by atoms with Crippen molar-refractivity contribution < 1.29 is 4.39 Å². The van der Waals surface area contributed by atoms with Crippen molar-refractivity contribution in [3.05, 3.63) is 40.2 Å². The van der Waals surface area contributed by atoms with Crippen LogP contribution in [-0.4, -0.2) is 16.7 Å². The van der Waals surface area contributed by atoms with Crippen LogP contribution in [0.15, 0.2) is 28.9 Å². The van der Waals surface area contributed by atoms with Crippen molar-refractivity contribution in [1.82, 2.24) is 15.5 Å². The third-order valence-electron chi connectivity index (χ3n) is 2.48. The molecular formula is C12H13BrFN3. The fourth-order valence-corrected chi connectivity index (χ4v) is 1.96. The molecule has 90 valence electrons. The van der Waals surface area contributed by atoms with Gasteiger partial charge in [-0.1, -0.05) is 22.9 Å². The summed E-state index contributed by atoms with van der Waals surface area (Å²) >= 11 is 3.24. The Morgan fingerprint density at radius 1 is 1.47 bits per heavy atom. The molecule has 0 aliphatic rings. The highest BCUT2D eigenvalue weighted by molar-refractivity contribution is 9.10. The number of nitrogens with one attached hydrogen (secondary N) is 2. The molecule has 0 atom stereocenters. The molecule has 0 spiro atoms. The standard InChI is InChI=1S/C12H13BrFN3/c1-2-15-6-8-7-16-17-12(8)10-4-3-9(13)5-11(10)14/h3-5,7,15H,2,6H2,1H3,(H,16,17). The molecule has 0 fully saturated rings. The van der Waals surface area contributed by atoms with Crippen molar-refractivity contribution in [2.75, 3.05) is 6.54 Å². The summed E-state index contributed by atoms with van der Waals surface area (Å²) in [6.45, 7) is 3.57. The Morgan fingerprint density at radius 3 is 3.00 bits per heavy atom. The molecule has 0 bridgehead atoms. The highest BCUT2D eigenvalue weighted by Gasteiger charge is 2.11. The van der Waals surface area contributed by atoms with Crippen LogP contribution in [0.2, 0.25) is 0 Å². The van der Waals surface area contributed by atoms with Gasteiger partial charge in [-0.25, -0.2) is 4.39 Å². The maximum atomic E-state index is 13.8. The van der Waals surface area contributed by atoms with Gasteiger partial charge in [0.15, 0.2) is 0 Å².